The van der Waals surface area contributed by atoms with Gasteiger partial charge >= 0.3 is 12.1 Å². The molecular formula is C13H14F3NO2. The van der Waals surface area contributed by atoms with Crippen LogP contribution in [-0.4, -0.2) is 18.7 Å². The lowest BCUT2D eigenvalue weighted by Gasteiger charge is -2.19. The molecule has 1 aromatic rings. The smallest absolute Gasteiger partial charge is 0.405 e. The Morgan fingerprint density at radius 1 is 1.37 bits per heavy atom. The van der Waals surface area contributed by atoms with E-state index >= 15 is 0 Å². The molecule has 3 nitrogen and oxygen atoms in total. The lowest BCUT2D eigenvalue weighted by atomic mass is 10.0. The molecule has 0 radical (unpaired) electrons. The first-order valence-corrected chi connectivity index (χ1v) is 5.90. The monoisotopic (exact) mass is 273 g/mol. The number of hydrogen-bond donors (Lipinski definition) is 1. The van der Waals surface area contributed by atoms with E-state index in [0.29, 0.717) is 5.56 Å². The number of carbonyl (C=O) groups excluding carboxylic acids is 1. The van der Waals surface area contributed by atoms with E-state index in [1.165, 1.54) is 0 Å². The van der Waals surface area contributed by atoms with Gasteiger partial charge in [-0.25, -0.2) is 0 Å². The third-order valence-electron chi connectivity index (χ3n) is 3.47. The van der Waals surface area contributed by atoms with Crippen molar-refractivity contribution in [1.82, 2.24) is 0 Å². The maximum Gasteiger partial charge on any atom is 0.405 e. The van der Waals surface area contributed by atoms with E-state index in [0.717, 1.165) is 0 Å². The zero-order chi connectivity index (χ0) is 14.1. The largest absolute Gasteiger partial charge is 0.460 e. The van der Waals surface area contributed by atoms with Crippen LogP contribution >= 0.6 is 0 Å². The van der Waals surface area contributed by atoms with Crippen LogP contribution in [0.1, 0.15) is 12.0 Å². The first kappa shape index (κ1) is 13.9. The fourth-order valence-corrected chi connectivity index (χ4v) is 2.18. The van der Waals surface area contributed by atoms with Crippen molar-refractivity contribution in [3.05, 3.63) is 35.9 Å². The Bertz CT molecular complexity index is 461. The normalized spacial score (nSPS) is 26.0. The summed E-state index contributed by atoms with van der Waals surface area (Å²) in [5, 5.41) is 0. The Kier molecular flexibility index (Phi) is 3.54. The first-order valence-electron chi connectivity index (χ1n) is 5.90. The maximum absolute atomic E-state index is 13.0. The van der Waals surface area contributed by atoms with Crippen molar-refractivity contribution in [3.8, 4) is 0 Å². The van der Waals surface area contributed by atoms with Gasteiger partial charge < -0.3 is 10.5 Å². The number of rotatable bonds is 4. The number of hydrogen-bond acceptors (Lipinski definition) is 3. The molecule has 0 bridgehead atoms. The average molecular weight is 273 g/mol. The van der Waals surface area contributed by atoms with Gasteiger partial charge in [-0.05, 0) is 24.4 Å². The molecule has 19 heavy (non-hydrogen) atoms. The molecule has 2 atom stereocenters. The molecule has 0 aliphatic heterocycles. The van der Waals surface area contributed by atoms with Crippen LogP contribution in [0.5, 0.6) is 0 Å². The van der Waals surface area contributed by atoms with E-state index < -0.39 is 23.5 Å². The molecule has 1 aromatic carbocycles. The summed E-state index contributed by atoms with van der Waals surface area (Å²) in [6, 6.07) is 8.58. The van der Waals surface area contributed by atoms with Gasteiger partial charge in [0.25, 0.3) is 0 Å². The molecule has 1 saturated carbocycles. The van der Waals surface area contributed by atoms with Crippen LogP contribution in [0.4, 0.5) is 13.2 Å². The van der Waals surface area contributed by atoms with Crippen molar-refractivity contribution in [2.45, 2.75) is 19.2 Å². The summed E-state index contributed by atoms with van der Waals surface area (Å²) in [7, 11) is 0. The van der Waals surface area contributed by atoms with E-state index in [1.54, 1.807) is 30.3 Å². The molecular weight excluding hydrogens is 259 g/mol. The van der Waals surface area contributed by atoms with Gasteiger partial charge in [-0.3, -0.25) is 4.79 Å². The zero-order valence-electron chi connectivity index (χ0n) is 10.1. The molecule has 2 unspecified atom stereocenters. The highest BCUT2D eigenvalue weighted by Gasteiger charge is 2.75. The number of alkyl halides is 3. The third kappa shape index (κ3) is 2.45. The number of esters is 1. The summed E-state index contributed by atoms with van der Waals surface area (Å²) >= 11 is 0. The SMILES string of the molecule is NCC1CC1(C(=O)OCc1ccccc1)C(F)(F)F. The second-order valence-electron chi connectivity index (χ2n) is 4.67. The Balaban J connectivity index is 2.03. The fourth-order valence-electron chi connectivity index (χ4n) is 2.18. The van der Waals surface area contributed by atoms with Crippen molar-refractivity contribution in [3.63, 3.8) is 0 Å². The standard InChI is InChI=1S/C13H14F3NO2/c14-13(15,16)12(6-10(12)7-17)11(18)19-8-9-4-2-1-3-5-9/h1-5,10H,6-8,17H2. The van der Waals surface area contributed by atoms with E-state index in [9.17, 15) is 18.0 Å². The van der Waals surface area contributed by atoms with Crippen LogP contribution in [-0.2, 0) is 16.1 Å². The predicted octanol–water partition coefficient (Wildman–Crippen LogP) is 2.26. The molecule has 1 aliphatic rings. The van der Waals surface area contributed by atoms with Gasteiger partial charge in [0.1, 0.15) is 6.61 Å². The Morgan fingerprint density at radius 3 is 2.47 bits per heavy atom. The van der Waals surface area contributed by atoms with Crippen molar-refractivity contribution in [2.24, 2.45) is 17.1 Å². The maximum atomic E-state index is 13.0. The molecule has 104 valence electrons. The van der Waals surface area contributed by atoms with Crippen LogP contribution in [0.2, 0.25) is 0 Å². The van der Waals surface area contributed by atoms with Gasteiger partial charge in [-0.1, -0.05) is 30.3 Å². The summed E-state index contributed by atoms with van der Waals surface area (Å²) < 4.78 is 43.7. The molecule has 0 spiro atoms. The summed E-state index contributed by atoms with van der Waals surface area (Å²) in [5.41, 5.74) is 3.50. The van der Waals surface area contributed by atoms with Gasteiger partial charge in [-0.2, -0.15) is 13.2 Å². The van der Waals surface area contributed by atoms with Crippen LogP contribution in [0.15, 0.2) is 30.3 Å². The van der Waals surface area contributed by atoms with E-state index in [1.807, 2.05) is 0 Å². The molecule has 2 rings (SSSR count). The molecule has 0 amide bonds. The lowest BCUT2D eigenvalue weighted by Crippen LogP contribution is -2.37. The quantitative estimate of drug-likeness (QED) is 0.856. The van der Waals surface area contributed by atoms with Crippen molar-refractivity contribution in [1.29, 1.82) is 0 Å². The van der Waals surface area contributed by atoms with E-state index in [2.05, 4.69) is 0 Å². The van der Waals surface area contributed by atoms with Crippen LogP contribution in [0.3, 0.4) is 0 Å². The number of ether oxygens (including phenoxy) is 1. The molecule has 1 fully saturated rings. The van der Waals surface area contributed by atoms with Crippen molar-refractivity contribution >= 4 is 5.97 Å². The number of halogens is 3. The molecule has 2 N–H and O–H groups in total. The summed E-state index contributed by atoms with van der Waals surface area (Å²) in [5.74, 6) is -2.09. The second kappa shape index (κ2) is 4.85. The van der Waals surface area contributed by atoms with E-state index in [-0.39, 0.29) is 19.6 Å². The summed E-state index contributed by atoms with van der Waals surface area (Å²) in [6.45, 7) is -0.325. The number of nitrogens with two attached hydrogens (primary N) is 1. The molecule has 0 saturated heterocycles. The number of carbonyl (C=O) groups is 1. The molecule has 0 heterocycles. The first-order chi connectivity index (χ1) is 8.91. The average Bonchev–Trinajstić information content (AvgIpc) is 3.12. The Hall–Kier alpha value is -1.56. The topological polar surface area (TPSA) is 52.3 Å². The van der Waals surface area contributed by atoms with Gasteiger partial charge in [-0.15, -0.1) is 0 Å². The van der Waals surface area contributed by atoms with Crippen LogP contribution < -0.4 is 5.73 Å². The van der Waals surface area contributed by atoms with E-state index in [4.69, 9.17) is 10.5 Å². The van der Waals surface area contributed by atoms with Gasteiger partial charge in [0, 0.05) is 0 Å². The molecule has 0 aromatic heterocycles. The second-order valence-corrected chi connectivity index (χ2v) is 4.67. The lowest BCUT2D eigenvalue weighted by molar-refractivity contribution is -0.211. The Morgan fingerprint density at radius 2 is 2.00 bits per heavy atom. The molecule has 1 aliphatic carbocycles. The van der Waals surface area contributed by atoms with Crippen molar-refractivity contribution in [2.75, 3.05) is 6.54 Å². The highest BCUT2D eigenvalue weighted by molar-refractivity contribution is 5.81. The van der Waals surface area contributed by atoms with Crippen LogP contribution in [0.25, 0.3) is 0 Å². The van der Waals surface area contributed by atoms with Gasteiger partial charge in [0.2, 0.25) is 0 Å². The predicted molar refractivity (Wildman–Crippen MR) is 61.9 cm³/mol. The highest BCUT2D eigenvalue weighted by atomic mass is 19.4. The minimum Gasteiger partial charge on any atom is -0.460 e. The fraction of sp³-hybridized carbons (Fsp3) is 0.462. The number of benzene rings is 1. The van der Waals surface area contributed by atoms with Gasteiger partial charge in [0.05, 0.1) is 0 Å². The van der Waals surface area contributed by atoms with Crippen molar-refractivity contribution < 1.29 is 22.7 Å². The minimum absolute atomic E-state index is 0.158. The summed E-state index contributed by atoms with van der Waals surface area (Å²) in [4.78, 5) is 11.7. The third-order valence-corrected chi connectivity index (χ3v) is 3.47. The zero-order valence-corrected chi connectivity index (χ0v) is 10.1. The Labute approximate surface area is 108 Å². The van der Waals surface area contributed by atoms with Gasteiger partial charge in [0.15, 0.2) is 5.41 Å². The highest BCUT2D eigenvalue weighted by Crippen LogP contribution is 2.62. The summed E-state index contributed by atoms with van der Waals surface area (Å²) in [6.07, 6.45) is -4.88. The van der Waals surface area contributed by atoms with Crippen LogP contribution in [0, 0.1) is 11.3 Å². The molecule has 6 heteroatoms. The minimum atomic E-state index is -4.61.